The molecule has 2 aliphatic carbocycles. The maximum Gasteiger partial charge on any atom is 0.414 e. The number of aryl methyl sites for hydroxylation is 1. The number of carbonyl (C=O) groups is 2. The minimum atomic E-state index is -0.579. The molecule has 0 heterocycles. The van der Waals surface area contributed by atoms with Crippen LogP contribution in [0.15, 0.2) is 30.3 Å². The number of alkyl carbamates (subject to hydrolysis) is 1. The third kappa shape index (κ3) is 9.75. The summed E-state index contributed by atoms with van der Waals surface area (Å²) in [4.78, 5) is 23.2. The van der Waals surface area contributed by atoms with E-state index in [1.807, 2.05) is 41.5 Å². The number of carbonyl (C=O) groups excluding carboxylic acids is 2. The van der Waals surface area contributed by atoms with Crippen LogP contribution in [0.25, 0.3) is 0 Å². The van der Waals surface area contributed by atoms with Crippen LogP contribution >= 0.6 is 0 Å². The smallest absolute Gasteiger partial charge is 0.414 e. The first kappa shape index (κ1) is 30.2. The van der Waals surface area contributed by atoms with Crippen LogP contribution in [0.2, 0.25) is 0 Å². The number of nitrogens with one attached hydrogen (secondary N) is 1. The van der Waals surface area contributed by atoms with Gasteiger partial charge in [-0.05, 0) is 67.8 Å². The van der Waals surface area contributed by atoms with E-state index in [0.29, 0.717) is 23.7 Å². The molecule has 3 unspecified atom stereocenters. The summed E-state index contributed by atoms with van der Waals surface area (Å²) in [5, 5.41) is 2.30. The second-order valence-corrected chi connectivity index (χ2v) is 8.17. The quantitative estimate of drug-likeness (QED) is 0.481. The first-order chi connectivity index (χ1) is 15.5. The van der Waals surface area contributed by atoms with Crippen molar-refractivity contribution < 1.29 is 14.3 Å². The van der Waals surface area contributed by atoms with Gasteiger partial charge in [0.1, 0.15) is 6.10 Å². The zero-order valence-electron chi connectivity index (χ0n) is 22.0. The van der Waals surface area contributed by atoms with E-state index in [1.165, 1.54) is 24.8 Å². The van der Waals surface area contributed by atoms with Crippen molar-refractivity contribution in [2.24, 2.45) is 17.3 Å². The zero-order chi connectivity index (χ0) is 24.6. The molecule has 184 valence electrons. The van der Waals surface area contributed by atoms with E-state index in [2.05, 4.69) is 42.6 Å². The molecule has 1 N–H and O–H groups in total. The first-order valence-electron chi connectivity index (χ1n) is 13.1. The minimum Gasteiger partial charge on any atom is -0.446 e. The Morgan fingerprint density at radius 1 is 1.03 bits per heavy atom. The Kier molecular flexibility index (Phi) is 15.8. The second-order valence-electron chi connectivity index (χ2n) is 8.17. The van der Waals surface area contributed by atoms with E-state index in [0.717, 1.165) is 25.7 Å². The van der Waals surface area contributed by atoms with Crippen molar-refractivity contribution >= 4 is 12.0 Å². The van der Waals surface area contributed by atoms with Gasteiger partial charge in [0.25, 0.3) is 0 Å². The topological polar surface area (TPSA) is 55.4 Å². The Balaban J connectivity index is 0.00000148. The molecule has 1 aromatic carbocycles. The Morgan fingerprint density at radius 2 is 1.62 bits per heavy atom. The summed E-state index contributed by atoms with van der Waals surface area (Å²) in [5.74, 6) is 0.946. The van der Waals surface area contributed by atoms with E-state index in [-0.39, 0.29) is 12.0 Å². The van der Waals surface area contributed by atoms with Crippen molar-refractivity contribution in [1.82, 2.24) is 5.32 Å². The van der Waals surface area contributed by atoms with Crippen LogP contribution in [0, 0.1) is 17.3 Å². The summed E-state index contributed by atoms with van der Waals surface area (Å²) in [7, 11) is 0. The molecule has 0 aromatic heterocycles. The highest BCUT2D eigenvalue weighted by Gasteiger charge is 2.53. The van der Waals surface area contributed by atoms with Gasteiger partial charge < -0.3 is 4.74 Å². The average Bonchev–Trinajstić information content (AvgIpc) is 3.63. The number of imide groups is 1. The number of hydrogen-bond donors (Lipinski definition) is 1. The fourth-order valence-corrected chi connectivity index (χ4v) is 4.63. The zero-order valence-corrected chi connectivity index (χ0v) is 22.0. The molecule has 4 heteroatoms. The van der Waals surface area contributed by atoms with Gasteiger partial charge in [0.05, 0.1) is 0 Å². The molecule has 3 rings (SSSR count). The predicted octanol–water partition coefficient (Wildman–Crippen LogP) is 7.95. The van der Waals surface area contributed by atoms with Gasteiger partial charge in [-0.15, -0.1) is 0 Å². The van der Waals surface area contributed by atoms with E-state index in [1.54, 1.807) is 6.92 Å². The molecule has 3 atom stereocenters. The molecule has 2 amide bonds. The van der Waals surface area contributed by atoms with Crippen LogP contribution in [-0.2, 0) is 16.0 Å². The van der Waals surface area contributed by atoms with E-state index in [9.17, 15) is 9.59 Å². The van der Waals surface area contributed by atoms with Crippen LogP contribution in [0.1, 0.15) is 106 Å². The number of ether oxygens (including phenoxy) is 1. The molecular formula is C28H49NO3. The van der Waals surface area contributed by atoms with Crippen molar-refractivity contribution in [2.75, 3.05) is 0 Å². The maximum absolute atomic E-state index is 11.9. The van der Waals surface area contributed by atoms with Crippen molar-refractivity contribution in [3.05, 3.63) is 35.9 Å². The van der Waals surface area contributed by atoms with Gasteiger partial charge in [0.15, 0.2) is 0 Å². The Bertz CT molecular complexity index is 625. The molecular weight excluding hydrogens is 398 g/mol. The molecule has 0 aliphatic heterocycles. The Labute approximate surface area is 197 Å². The number of hydrogen-bond acceptors (Lipinski definition) is 3. The molecule has 0 radical (unpaired) electrons. The lowest BCUT2D eigenvalue weighted by molar-refractivity contribution is -0.120. The third-order valence-electron chi connectivity index (χ3n) is 6.41. The van der Waals surface area contributed by atoms with E-state index < -0.39 is 6.09 Å². The molecule has 0 bridgehead atoms. The van der Waals surface area contributed by atoms with Gasteiger partial charge in [-0.25, -0.2) is 4.79 Å². The molecule has 0 saturated heterocycles. The summed E-state index contributed by atoms with van der Waals surface area (Å²) < 4.78 is 5.56. The van der Waals surface area contributed by atoms with Crippen molar-refractivity contribution in [3.8, 4) is 0 Å². The Hall–Kier alpha value is -1.84. The van der Waals surface area contributed by atoms with Crippen LogP contribution in [0.4, 0.5) is 4.79 Å². The largest absolute Gasteiger partial charge is 0.446 e. The highest BCUT2D eigenvalue weighted by Crippen LogP contribution is 2.62. The van der Waals surface area contributed by atoms with E-state index in [4.69, 9.17) is 4.74 Å². The van der Waals surface area contributed by atoms with Gasteiger partial charge in [-0.2, -0.15) is 0 Å². The molecule has 1 spiro atoms. The monoisotopic (exact) mass is 447 g/mol. The lowest BCUT2D eigenvalue weighted by Gasteiger charge is -2.39. The van der Waals surface area contributed by atoms with Gasteiger partial charge in [-0.1, -0.05) is 85.7 Å². The maximum atomic E-state index is 11.9. The summed E-state index contributed by atoms with van der Waals surface area (Å²) in [6, 6.07) is 10.7. The van der Waals surface area contributed by atoms with Crippen LogP contribution < -0.4 is 5.32 Å². The summed E-state index contributed by atoms with van der Waals surface area (Å²) >= 11 is 0. The lowest BCUT2D eigenvalue weighted by Crippen LogP contribution is -2.39. The van der Waals surface area contributed by atoms with Crippen molar-refractivity contribution in [2.45, 2.75) is 113 Å². The van der Waals surface area contributed by atoms with Gasteiger partial charge in [-0.3, -0.25) is 10.1 Å². The molecule has 2 aliphatic rings. The van der Waals surface area contributed by atoms with Crippen LogP contribution in [-0.4, -0.2) is 18.1 Å². The second kappa shape index (κ2) is 16.7. The summed E-state index contributed by atoms with van der Waals surface area (Å²) in [6.45, 7) is 16.1. The SMILES string of the molecule is CC.CC.CC.CCC(=O)NC(=O)OC1CCC2(CC2)C(C(C)CCc2ccccc2)C1. The number of amides is 2. The minimum absolute atomic E-state index is 0.0601. The first-order valence-corrected chi connectivity index (χ1v) is 13.1. The van der Waals surface area contributed by atoms with E-state index >= 15 is 0 Å². The van der Waals surface area contributed by atoms with Gasteiger partial charge in [0, 0.05) is 6.42 Å². The third-order valence-corrected chi connectivity index (χ3v) is 6.41. The van der Waals surface area contributed by atoms with Crippen LogP contribution in [0.5, 0.6) is 0 Å². The van der Waals surface area contributed by atoms with Crippen molar-refractivity contribution in [1.29, 1.82) is 0 Å². The average molecular weight is 448 g/mol. The molecule has 2 fully saturated rings. The standard InChI is InChI=1S/C22H31NO3.3C2H6/c1-3-20(24)23-21(25)26-18-11-12-22(13-14-22)19(15-18)16(2)9-10-17-7-5-4-6-8-17;3*1-2/h4-8,16,18-19H,3,9-15H2,1-2H3,(H,23,24,25);3*1-2H3. The summed E-state index contributed by atoms with van der Waals surface area (Å²) in [6.07, 6.45) is 7.57. The fourth-order valence-electron chi connectivity index (χ4n) is 4.63. The van der Waals surface area contributed by atoms with Gasteiger partial charge >= 0.3 is 6.09 Å². The highest BCUT2D eigenvalue weighted by atomic mass is 16.6. The lowest BCUT2D eigenvalue weighted by atomic mass is 9.68. The number of rotatable bonds is 6. The number of benzene rings is 1. The summed E-state index contributed by atoms with van der Waals surface area (Å²) in [5.41, 5.74) is 1.89. The van der Waals surface area contributed by atoms with Crippen LogP contribution in [0.3, 0.4) is 0 Å². The highest BCUT2D eigenvalue weighted by molar-refractivity contribution is 5.91. The molecule has 32 heavy (non-hydrogen) atoms. The Morgan fingerprint density at radius 3 is 2.16 bits per heavy atom. The molecule has 1 aromatic rings. The predicted molar refractivity (Wildman–Crippen MR) is 136 cm³/mol. The molecule has 2 saturated carbocycles. The fraction of sp³-hybridized carbons (Fsp3) is 0.714. The molecule has 4 nitrogen and oxygen atoms in total. The van der Waals surface area contributed by atoms with Crippen molar-refractivity contribution in [3.63, 3.8) is 0 Å². The normalized spacial score (nSPS) is 20.6. The van der Waals surface area contributed by atoms with Gasteiger partial charge in [0.2, 0.25) is 5.91 Å².